The molecule has 0 radical (unpaired) electrons. The molecule has 1 aliphatic rings. The SMILES string of the molecule is COCCNC(C)C1=Nc2ccccc2C(=O)C(CCc2ccc(F)cc2)C1. The van der Waals surface area contributed by atoms with Gasteiger partial charge in [0.25, 0.3) is 0 Å². The summed E-state index contributed by atoms with van der Waals surface area (Å²) in [5, 5.41) is 3.42. The van der Waals surface area contributed by atoms with Gasteiger partial charge < -0.3 is 10.1 Å². The second-order valence-electron chi connectivity index (χ2n) is 7.22. The van der Waals surface area contributed by atoms with Crippen LogP contribution in [0.5, 0.6) is 0 Å². The van der Waals surface area contributed by atoms with Gasteiger partial charge in [-0.15, -0.1) is 0 Å². The summed E-state index contributed by atoms with van der Waals surface area (Å²) in [6.07, 6.45) is 2.07. The van der Waals surface area contributed by atoms with Gasteiger partial charge >= 0.3 is 0 Å². The molecule has 4 nitrogen and oxygen atoms in total. The Morgan fingerprint density at radius 2 is 1.96 bits per heavy atom. The van der Waals surface area contributed by atoms with Crippen LogP contribution >= 0.6 is 0 Å². The van der Waals surface area contributed by atoms with Crippen molar-refractivity contribution in [3.63, 3.8) is 0 Å². The lowest BCUT2D eigenvalue weighted by molar-refractivity contribution is 0.0918. The van der Waals surface area contributed by atoms with E-state index in [9.17, 15) is 9.18 Å². The van der Waals surface area contributed by atoms with Crippen molar-refractivity contribution in [3.05, 3.63) is 65.5 Å². The monoisotopic (exact) mass is 382 g/mol. The quantitative estimate of drug-likeness (QED) is 0.690. The van der Waals surface area contributed by atoms with Crippen molar-refractivity contribution in [2.75, 3.05) is 20.3 Å². The van der Waals surface area contributed by atoms with E-state index in [0.29, 0.717) is 25.0 Å². The van der Waals surface area contributed by atoms with Gasteiger partial charge in [0.15, 0.2) is 5.78 Å². The lowest BCUT2D eigenvalue weighted by Gasteiger charge is -2.19. The summed E-state index contributed by atoms with van der Waals surface area (Å²) in [6.45, 7) is 3.43. The number of rotatable bonds is 8. The van der Waals surface area contributed by atoms with Crippen LogP contribution in [0, 0.1) is 11.7 Å². The standard InChI is InChI=1S/C23H27FN2O2/c1-16(25-13-14-28-2)22-15-18(10-7-17-8-11-19(24)12-9-17)23(27)20-5-3-4-6-21(20)26-22/h3-6,8-9,11-12,16,18,25H,7,10,13-15H2,1-2H3. The molecule has 0 saturated carbocycles. The van der Waals surface area contributed by atoms with Crippen LogP contribution in [0.25, 0.3) is 0 Å². The number of methoxy groups -OCH3 is 1. The number of para-hydroxylation sites is 1. The molecule has 1 heterocycles. The van der Waals surface area contributed by atoms with Crippen LogP contribution in [0.2, 0.25) is 0 Å². The third kappa shape index (κ3) is 5.12. The molecular weight excluding hydrogens is 355 g/mol. The van der Waals surface area contributed by atoms with Gasteiger partial charge in [0.2, 0.25) is 0 Å². The van der Waals surface area contributed by atoms with E-state index in [1.165, 1.54) is 12.1 Å². The molecule has 0 bridgehead atoms. The molecule has 2 unspecified atom stereocenters. The summed E-state index contributed by atoms with van der Waals surface area (Å²) in [4.78, 5) is 18.0. The number of nitrogens with zero attached hydrogens (tertiary/aromatic N) is 1. The molecule has 1 aliphatic heterocycles. The topological polar surface area (TPSA) is 50.7 Å². The predicted octanol–water partition coefficient (Wildman–Crippen LogP) is 4.36. The van der Waals surface area contributed by atoms with Crippen molar-refractivity contribution in [3.8, 4) is 0 Å². The van der Waals surface area contributed by atoms with Crippen LogP contribution in [0.4, 0.5) is 10.1 Å². The van der Waals surface area contributed by atoms with Crippen molar-refractivity contribution in [2.45, 2.75) is 32.2 Å². The number of halogens is 1. The molecule has 0 aromatic heterocycles. The fourth-order valence-corrected chi connectivity index (χ4v) is 3.54. The zero-order chi connectivity index (χ0) is 19.9. The molecule has 28 heavy (non-hydrogen) atoms. The van der Waals surface area contributed by atoms with Crippen LogP contribution in [-0.2, 0) is 11.2 Å². The number of aliphatic imine (C=N–C) groups is 1. The minimum atomic E-state index is -0.242. The van der Waals surface area contributed by atoms with Crippen LogP contribution in [0.1, 0.15) is 35.7 Å². The van der Waals surface area contributed by atoms with E-state index in [0.717, 1.165) is 29.9 Å². The molecule has 0 spiro atoms. The van der Waals surface area contributed by atoms with E-state index < -0.39 is 0 Å². The van der Waals surface area contributed by atoms with Gasteiger partial charge in [-0.2, -0.15) is 0 Å². The molecule has 0 amide bonds. The number of hydrogen-bond acceptors (Lipinski definition) is 4. The van der Waals surface area contributed by atoms with Crippen LogP contribution in [0.15, 0.2) is 53.5 Å². The Balaban J connectivity index is 1.79. The molecule has 2 aromatic carbocycles. The van der Waals surface area contributed by atoms with E-state index in [1.807, 2.05) is 24.3 Å². The number of carbonyl (C=O) groups excluding carboxylic acids is 1. The second kappa shape index (κ2) is 9.71. The number of aryl methyl sites for hydroxylation is 1. The van der Waals surface area contributed by atoms with Gasteiger partial charge in [-0.05, 0) is 56.0 Å². The number of nitrogens with one attached hydrogen (secondary N) is 1. The highest BCUT2D eigenvalue weighted by Gasteiger charge is 2.28. The number of carbonyl (C=O) groups is 1. The molecule has 3 rings (SSSR count). The van der Waals surface area contributed by atoms with E-state index in [1.54, 1.807) is 19.2 Å². The largest absolute Gasteiger partial charge is 0.383 e. The van der Waals surface area contributed by atoms with Gasteiger partial charge in [-0.25, -0.2) is 4.39 Å². The maximum Gasteiger partial charge on any atom is 0.168 e. The minimum Gasteiger partial charge on any atom is -0.383 e. The number of benzene rings is 2. The average molecular weight is 382 g/mol. The third-order valence-corrected chi connectivity index (χ3v) is 5.21. The Bertz CT molecular complexity index is 833. The summed E-state index contributed by atoms with van der Waals surface area (Å²) in [6, 6.07) is 14.1. The van der Waals surface area contributed by atoms with Gasteiger partial charge in [-0.3, -0.25) is 9.79 Å². The first-order valence-electron chi connectivity index (χ1n) is 9.76. The maximum atomic E-state index is 13.2. The average Bonchev–Trinajstić information content (AvgIpc) is 2.85. The highest BCUT2D eigenvalue weighted by atomic mass is 19.1. The zero-order valence-electron chi connectivity index (χ0n) is 16.5. The fraction of sp³-hybridized carbons (Fsp3) is 0.391. The molecule has 148 valence electrons. The van der Waals surface area contributed by atoms with Gasteiger partial charge in [-0.1, -0.05) is 24.3 Å². The Morgan fingerprint density at radius 1 is 1.21 bits per heavy atom. The third-order valence-electron chi connectivity index (χ3n) is 5.21. The van der Waals surface area contributed by atoms with E-state index in [4.69, 9.17) is 9.73 Å². The summed E-state index contributed by atoms with van der Waals surface area (Å²) < 4.78 is 18.3. The van der Waals surface area contributed by atoms with Crippen LogP contribution in [0.3, 0.4) is 0 Å². The normalized spacial score (nSPS) is 17.6. The van der Waals surface area contributed by atoms with Crippen LogP contribution < -0.4 is 5.32 Å². The van der Waals surface area contributed by atoms with E-state index in [-0.39, 0.29) is 23.6 Å². The Hall–Kier alpha value is -2.37. The summed E-state index contributed by atoms with van der Waals surface area (Å²) in [5.74, 6) is -0.242. The molecule has 1 N–H and O–H groups in total. The molecule has 2 atom stereocenters. The number of ether oxygens (including phenoxy) is 1. The summed E-state index contributed by atoms with van der Waals surface area (Å²) in [7, 11) is 1.68. The first kappa shape index (κ1) is 20.4. The van der Waals surface area contributed by atoms with Gasteiger partial charge in [0.1, 0.15) is 5.82 Å². The van der Waals surface area contributed by atoms with Crippen molar-refractivity contribution in [2.24, 2.45) is 10.9 Å². The first-order chi connectivity index (χ1) is 13.6. The van der Waals surface area contributed by atoms with Crippen molar-refractivity contribution in [1.82, 2.24) is 5.32 Å². The van der Waals surface area contributed by atoms with Crippen molar-refractivity contribution in [1.29, 1.82) is 0 Å². The second-order valence-corrected chi connectivity index (χ2v) is 7.22. The molecule has 2 aromatic rings. The summed E-state index contributed by atoms with van der Waals surface area (Å²) >= 11 is 0. The van der Waals surface area contributed by atoms with Crippen molar-refractivity contribution >= 4 is 17.2 Å². The fourth-order valence-electron chi connectivity index (χ4n) is 3.54. The zero-order valence-corrected chi connectivity index (χ0v) is 16.5. The molecule has 5 heteroatoms. The van der Waals surface area contributed by atoms with E-state index in [2.05, 4.69) is 12.2 Å². The Labute approximate surface area is 165 Å². The highest BCUT2D eigenvalue weighted by molar-refractivity contribution is 6.08. The van der Waals surface area contributed by atoms with Gasteiger partial charge in [0.05, 0.1) is 12.3 Å². The number of fused-ring (bicyclic) bond motifs is 1. The Morgan fingerprint density at radius 3 is 2.71 bits per heavy atom. The molecule has 0 saturated heterocycles. The van der Waals surface area contributed by atoms with Crippen molar-refractivity contribution < 1.29 is 13.9 Å². The number of hydrogen-bond donors (Lipinski definition) is 1. The molecule has 0 fully saturated rings. The molecule has 0 aliphatic carbocycles. The number of Topliss-reactive ketones (excluding diaryl/α,β-unsaturated/α-hetero) is 1. The minimum absolute atomic E-state index is 0.0578. The lowest BCUT2D eigenvalue weighted by Crippen LogP contribution is -2.37. The smallest absolute Gasteiger partial charge is 0.168 e. The van der Waals surface area contributed by atoms with Crippen LogP contribution in [-0.4, -0.2) is 37.8 Å². The van der Waals surface area contributed by atoms with E-state index >= 15 is 0 Å². The maximum absolute atomic E-state index is 13.2. The number of ketones is 1. The molecular formula is C23H27FN2O2. The highest BCUT2D eigenvalue weighted by Crippen LogP contribution is 2.31. The first-order valence-corrected chi connectivity index (χ1v) is 9.76. The predicted molar refractivity (Wildman–Crippen MR) is 110 cm³/mol. The summed E-state index contributed by atoms with van der Waals surface area (Å²) in [5.41, 5.74) is 3.45. The Kier molecular flexibility index (Phi) is 7.06. The van der Waals surface area contributed by atoms with Gasteiger partial charge in [0, 0.05) is 36.9 Å². The lowest BCUT2D eigenvalue weighted by atomic mass is 9.87.